The fourth-order valence-electron chi connectivity index (χ4n) is 9.24. The number of aliphatic hydroxyl groups excluding tert-OH is 1. The van der Waals surface area contributed by atoms with Crippen molar-refractivity contribution in [3.8, 4) is 0 Å². The molecule has 0 amide bonds. The van der Waals surface area contributed by atoms with Gasteiger partial charge in [0.1, 0.15) is 0 Å². The molecule has 0 aromatic carbocycles. The molecule has 1 aliphatic heterocycles. The minimum Gasteiger partial charge on any atom is -0.545 e. The van der Waals surface area contributed by atoms with Gasteiger partial charge in [-0.3, -0.25) is 4.90 Å². The lowest BCUT2D eigenvalue weighted by Crippen LogP contribution is -3.19. The van der Waals surface area contributed by atoms with Gasteiger partial charge in [-0.2, -0.15) is 0 Å². The Kier molecular flexibility index (Phi) is 6.11. The number of rotatable bonds is 4. The van der Waals surface area contributed by atoms with Gasteiger partial charge in [-0.25, -0.2) is 4.99 Å². The molecule has 0 aromatic rings. The summed E-state index contributed by atoms with van der Waals surface area (Å²) in [6.07, 6.45) is 9.72. The standard InChI is InChI=1S/C26H42N4O3/c1-16-8-9-17-12-20-22(23(32)33)21(31)13-25(16,20)26(17)15-30(11-10-18(26)14-28-2)24(27)29-19-6-4-3-5-7-19/h16-19,21,28,31H,3-15H2,1-2H3,(H2,27,29)(H,32,33). The molecule has 4 fully saturated rings. The number of nitrogens with two attached hydrogens (primary N) is 1. The summed E-state index contributed by atoms with van der Waals surface area (Å²) in [7, 11) is 2.02. The third kappa shape index (κ3) is 3.33. The minimum atomic E-state index is -1.17. The van der Waals surface area contributed by atoms with Gasteiger partial charge in [-0.05, 0) is 69.9 Å². The zero-order chi connectivity index (χ0) is 23.4. The van der Waals surface area contributed by atoms with Crippen LogP contribution in [0, 0.1) is 28.6 Å². The Morgan fingerprint density at radius 2 is 2.00 bits per heavy atom. The highest BCUT2D eigenvalue weighted by Gasteiger charge is 2.73. The van der Waals surface area contributed by atoms with Crippen LogP contribution >= 0.6 is 0 Å². The van der Waals surface area contributed by atoms with Gasteiger partial charge in [0, 0.05) is 22.8 Å². The normalized spacial score (nSPS) is 43.8. The van der Waals surface area contributed by atoms with E-state index in [0.29, 0.717) is 30.2 Å². The Labute approximate surface area is 197 Å². The number of guanidine groups is 1. The van der Waals surface area contributed by atoms with Crippen LogP contribution in [-0.4, -0.2) is 55.9 Å². The summed E-state index contributed by atoms with van der Waals surface area (Å²) in [6.45, 7) is 5.08. The molecule has 1 saturated heterocycles. The Hall–Kier alpha value is -1.44. The largest absolute Gasteiger partial charge is 0.545 e. The molecule has 3 saturated carbocycles. The van der Waals surface area contributed by atoms with Crippen LogP contribution in [0.25, 0.3) is 0 Å². The number of carbonyl (C=O) groups is 1. The third-order valence-electron chi connectivity index (χ3n) is 10.5. The van der Waals surface area contributed by atoms with Crippen molar-refractivity contribution in [3.05, 3.63) is 11.1 Å². The lowest BCUT2D eigenvalue weighted by molar-refractivity contribution is -0.829. The summed E-state index contributed by atoms with van der Waals surface area (Å²) in [5.41, 5.74) is 7.57. The Morgan fingerprint density at radius 1 is 1.24 bits per heavy atom. The topological polar surface area (TPSA) is 115 Å². The first kappa shape index (κ1) is 23.3. The number of hydrogen-bond donors (Lipinski definition) is 4. The fourth-order valence-corrected chi connectivity index (χ4v) is 9.24. The van der Waals surface area contributed by atoms with E-state index in [9.17, 15) is 15.0 Å². The highest BCUT2D eigenvalue weighted by molar-refractivity contribution is 5.88. The van der Waals surface area contributed by atoms with Crippen molar-refractivity contribution in [2.24, 2.45) is 39.3 Å². The average Bonchev–Trinajstić information content (AvgIpc) is 3.16. The Morgan fingerprint density at radius 3 is 2.70 bits per heavy atom. The van der Waals surface area contributed by atoms with Gasteiger partial charge >= 0.3 is 0 Å². The fraction of sp³-hybridized carbons (Fsp3) is 0.846. The summed E-state index contributed by atoms with van der Waals surface area (Å²) in [5.74, 6) is 0.789. The lowest BCUT2D eigenvalue weighted by Gasteiger charge is -2.60. The zero-order valence-corrected chi connectivity index (χ0v) is 20.4. The smallest absolute Gasteiger partial charge is 0.293 e. The van der Waals surface area contributed by atoms with Crippen LogP contribution < -0.4 is 21.1 Å². The van der Waals surface area contributed by atoms with Crippen LogP contribution in [0.3, 0.4) is 0 Å². The molecule has 2 spiro atoms. The maximum atomic E-state index is 12.1. The predicted octanol–water partition coefficient (Wildman–Crippen LogP) is -0.00830. The van der Waals surface area contributed by atoms with E-state index in [-0.39, 0.29) is 16.4 Å². The van der Waals surface area contributed by atoms with Crippen LogP contribution in [0.4, 0.5) is 0 Å². The molecule has 1 heterocycles. The number of aliphatic hydroxyl groups is 1. The van der Waals surface area contributed by atoms with E-state index in [1.165, 1.54) is 24.2 Å². The summed E-state index contributed by atoms with van der Waals surface area (Å²) < 4.78 is 0. The second-order valence-electron chi connectivity index (χ2n) is 11.7. The van der Waals surface area contributed by atoms with Crippen molar-refractivity contribution >= 4 is 11.9 Å². The SMILES string of the molecule is CNCC1CC[NH+](C(N)=NC2CCCCC2)CC12C1CCC(C)C23CC(O)C(C(=O)[O-])=C3C1. The molecule has 5 N–H and O–H groups in total. The van der Waals surface area contributed by atoms with Crippen molar-refractivity contribution in [2.75, 3.05) is 26.7 Å². The van der Waals surface area contributed by atoms with Gasteiger partial charge in [-0.1, -0.05) is 31.8 Å². The maximum Gasteiger partial charge on any atom is 0.293 e. The third-order valence-corrected chi connectivity index (χ3v) is 10.5. The maximum absolute atomic E-state index is 12.1. The summed E-state index contributed by atoms with van der Waals surface area (Å²) >= 11 is 0. The number of aliphatic carboxylic acids is 1. The number of hydrogen-bond acceptors (Lipinski definition) is 5. The molecular weight excluding hydrogens is 416 g/mol. The van der Waals surface area contributed by atoms with Crippen molar-refractivity contribution in [1.82, 2.24) is 5.32 Å². The lowest BCUT2D eigenvalue weighted by atomic mass is 9.45. The van der Waals surface area contributed by atoms with E-state index in [1.807, 2.05) is 7.05 Å². The zero-order valence-electron chi connectivity index (χ0n) is 20.4. The summed E-state index contributed by atoms with van der Waals surface area (Å²) in [4.78, 5) is 18.4. The van der Waals surface area contributed by atoms with Gasteiger partial charge in [0.2, 0.25) is 0 Å². The molecule has 7 unspecified atom stereocenters. The van der Waals surface area contributed by atoms with Crippen LogP contribution in [-0.2, 0) is 4.79 Å². The first-order chi connectivity index (χ1) is 15.8. The number of allylic oxidation sites excluding steroid dienone is 1. The number of quaternary nitrogens is 1. The second-order valence-corrected chi connectivity index (χ2v) is 11.7. The molecule has 33 heavy (non-hydrogen) atoms. The van der Waals surface area contributed by atoms with E-state index >= 15 is 0 Å². The minimum absolute atomic E-state index is 0.0680. The number of carbonyl (C=O) groups excluding carboxylic acids is 1. The molecule has 184 valence electrons. The molecule has 5 rings (SSSR count). The quantitative estimate of drug-likeness (QED) is 0.349. The number of aliphatic imine (C=N–C) groups is 1. The van der Waals surface area contributed by atoms with E-state index in [1.54, 1.807) is 0 Å². The van der Waals surface area contributed by atoms with Crippen molar-refractivity contribution < 1.29 is 19.9 Å². The van der Waals surface area contributed by atoms with Gasteiger partial charge in [-0.15, -0.1) is 0 Å². The molecule has 4 aliphatic carbocycles. The van der Waals surface area contributed by atoms with Crippen molar-refractivity contribution in [3.63, 3.8) is 0 Å². The number of carboxylic acid groups (broad SMARTS) is 1. The van der Waals surface area contributed by atoms with Crippen LogP contribution in [0.5, 0.6) is 0 Å². The van der Waals surface area contributed by atoms with Crippen LogP contribution in [0.15, 0.2) is 16.1 Å². The molecule has 7 atom stereocenters. The summed E-state index contributed by atoms with van der Waals surface area (Å²) in [6, 6.07) is 0.353. The van der Waals surface area contributed by atoms with Crippen molar-refractivity contribution in [1.29, 1.82) is 0 Å². The molecule has 2 bridgehead atoms. The van der Waals surface area contributed by atoms with Gasteiger partial charge in [0.15, 0.2) is 0 Å². The predicted molar refractivity (Wildman–Crippen MR) is 125 cm³/mol. The molecule has 7 heteroatoms. The van der Waals surface area contributed by atoms with E-state index in [2.05, 4.69) is 12.2 Å². The van der Waals surface area contributed by atoms with Gasteiger partial charge in [0.05, 0.1) is 31.2 Å². The number of nitrogens with one attached hydrogen (secondary N) is 2. The molecule has 0 aromatic heterocycles. The van der Waals surface area contributed by atoms with Crippen LogP contribution in [0.1, 0.15) is 71.1 Å². The number of nitrogens with zero attached hydrogens (tertiary/aromatic N) is 1. The van der Waals surface area contributed by atoms with E-state index in [0.717, 1.165) is 69.7 Å². The highest BCUT2D eigenvalue weighted by atomic mass is 16.4. The molecule has 5 aliphatic rings. The highest BCUT2D eigenvalue weighted by Crippen LogP contribution is 2.75. The molecular formula is C26H42N4O3. The van der Waals surface area contributed by atoms with Crippen LogP contribution in [0.2, 0.25) is 0 Å². The van der Waals surface area contributed by atoms with E-state index in [4.69, 9.17) is 10.7 Å². The van der Waals surface area contributed by atoms with E-state index < -0.39 is 12.1 Å². The first-order valence-electron chi connectivity index (χ1n) is 13.3. The number of likely N-dealkylation sites (tertiary alicyclic amines) is 1. The van der Waals surface area contributed by atoms with Gasteiger partial charge < -0.3 is 26.1 Å². The summed E-state index contributed by atoms with van der Waals surface area (Å²) in [5, 5.41) is 26.5. The molecule has 0 radical (unpaired) electrons. The average molecular weight is 459 g/mol. The number of carboxylic acids is 1. The van der Waals surface area contributed by atoms with Gasteiger partial charge in [0.25, 0.3) is 5.96 Å². The second kappa shape index (κ2) is 8.65. The number of piperidine rings is 1. The molecule has 7 nitrogen and oxygen atoms in total. The monoisotopic (exact) mass is 458 g/mol. The van der Waals surface area contributed by atoms with Crippen molar-refractivity contribution in [2.45, 2.75) is 83.3 Å². The Balaban J connectivity index is 1.57. The Bertz CT molecular complexity index is 850. The first-order valence-corrected chi connectivity index (χ1v) is 13.3.